The van der Waals surface area contributed by atoms with Gasteiger partial charge in [-0.1, -0.05) is 0 Å². The van der Waals surface area contributed by atoms with E-state index in [4.69, 9.17) is 0 Å². The molecule has 0 aliphatic carbocycles. The van der Waals surface area contributed by atoms with E-state index in [-0.39, 0.29) is 23.5 Å². The second-order valence-electron chi connectivity index (χ2n) is 4.57. The molecule has 1 spiro atoms. The van der Waals surface area contributed by atoms with Crippen molar-refractivity contribution in [1.82, 2.24) is 10.6 Å². The minimum atomic E-state index is -3.10. The van der Waals surface area contributed by atoms with E-state index in [1.807, 2.05) is 13.8 Å². The summed E-state index contributed by atoms with van der Waals surface area (Å²) in [6.45, 7) is 3.77. The van der Waals surface area contributed by atoms with E-state index in [0.717, 1.165) is 0 Å². The highest BCUT2D eigenvalue weighted by Gasteiger charge is 2.52. The lowest BCUT2D eigenvalue weighted by Gasteiger charge is -2.17. The van der Waals surface area contributed by atoms with Gasteiger partial charge in [0.05, 0.1) is 11.5 Å². The second-order valence-corrected chi connectivity index (χ2v) is 6.76. The minimum absolute atomic E-state index is 0.0518. The third-order valence-electron chi connectivity index (χ3n) is 2.72. The lowest BCUT2D eigenvalue weighted by molar-refractivity contribution is -0.123. The molecule has 2 rings (SSSR count). The summed E-state index contributed by atoms with van der Waals surface area (Å²) in [7, 11) is -3.10. The molecule has 1 unspecified atom stereocenters. The quantitative estimate of drug-likeness (QED) is 0.622. The third-order valence-corrected chi connectivity index (χ3v) is 4.48. The lowest BCUT2D eigenvalue weighted by Crippen LogP contribution is -2.48. The van der Waals surface area contributed by atoms with E-state index in [9.17, 15) is 13.2 Å². The number of carbonyl (C=O) groups excluding carboxylic acids is 1. The second kappa shape index (κ2) is 3.44. The molecule has 16 heavy (non-hydrogen) atoms. The zero-order valence-electron chi connectivity index (χ0n) is 9.28. The van der Waals surface area contributed by atoms with E-state index in [1.54, 1.807) is 0 Å². The summed E-state index contributed by atoms with van der Waals surface area (Å²) >= 11 is 0. The molecule has 1 atom stereocenters. The van der Waals surface area contributed by atoms with Gasteiger partial charge in [0.1, 0.15) is 5.54 Å². The molecular formula is C9H15N3O3S. The van der Waals surface area contributed by atoms with Crippen LogP contribution in [0.1, 0.15) is 20.3 Å². The highest BCUT2D eigenvalue weighted by Crippen LogP contribution is 2.26. The molecule has 2 N–H and O–H groups in total. The van der Waals surface area contributed by atoms with Crippen molar-refractivity contribution in [3.63, 3.8) is 0 Å². The average Bonchev–Trinajstić information content (AvgIpc) is 2.54. The molecule has 0 aromatic rings. The van der Waals surface area contributed by atoms with Crippen LogP contribution in [0.15, 0.2) is 4.99 Å². The Balaban J connectivity index is 2.24. The van der Waals surface area contributed by atoms with Crippen molar-refractivity contribution < 1.29 is 13.2 Å². The Morgan fingerprint density at radius 3 is 2.62 bits per heavy atom. The summed E-state index contributed by atoms with van der Waals surface area (Å²) in [6.07, 6.45) is 0.318. The Morgan fingerprint density at radius 1 is 1.44 bits per heavy atom. The zero-order valence-corrected chi connectivity index (χ0v) is 10.1. The maximum Gasteiger partial charge on any atom is 0.253 e. The predicted molar refractivity (Wildman–Crippen MR) is 59.9 cm³/mol. The first-order chi connectivity index (χ1) is 7.33. The van der Waals surface area contributed by atoms with Crippen LogP contribution in [0, 0.1) is 0 Å². The standard InChI is InChI=1S/C9H15N3O3S/c1-6(2)10-8-11-7(13)9(12-8)3-4-16(14,15)5-9/h6H,3-5H2,1-2H3,(H2,10,11,12,13). The number of nitrogens with one attached hydrogen (secondary N) is 2. The summed E-state index contributed by atoms with van der Waals surface area (Å²) in [4.78, 5) is 15.9. The first-order valence-electron chi connectivity index (χ1n) is 5.21. The number of hydrogen-bond donors (Lipinski definition) is 2. The van der Waals surface area contributed by atoms with Crippen molar-refractivity contribution in [3.8, 4) is 0 Å². The molecule has 0 bridgehead atoms. The highest BCUT2D eigenvalue weighted by molar-refractivity contribution is 7.91. The zero-order chi connectivity index (χ0) is 12.0. The van der Waals surface area contributed by atoms with E-state index >= 15 is 0 Å². The molecular weight excluding hydrogens is 230 g/mol. The third kappa shape index (κ3) is 1.91. The van der Waals surface area contributed by atoms with Crippen LogP contribution in [0.25, 0.3) is 0 Å². The van der Waals surface area contributed by atoms with Crippen molar-refractivity contribution in [3.05, 3.63) is 0 Å². The molecule has 7 heteroatoms. The van der Waals surface area contributed by atoms with Gasteiger partial charge in [-0.2, -0.15) is 0 Å². The van der Waals surface area contributed by atoms with Crippen LogP contribution in [0.4, 0.5) is 0 Å². The SMILES string of the molecule is CC(C)N=C1NC(=O)C2(CCS(=O)(=O)C2)N1. The fraction of sp³-hybridized carbons (Fsp3) is 0.778. The van der Waals surface area contributed by atoms with E-state index in [1.165, 1.54) is 0 Å². The van der Waals surface area contributed by atoms with Gasteiger partial charge in [0.15, 0.2) is 15.8 Å². The fourth-order valence-electron chi connectivity index (χ4n) is 1.99. The van der Waals surface area contributed by atoms with Gasteiger partial charge in [0, 0.05) is 6.04 Å². The number of amides is 1. The number of sulfone groups is 1. The number of guanidine groups is 1. The van der Waals surface area contributed by atoms with Crippen LogP contribution in [0.2, 0.25) is 0 Å². The average molecular weight is 245 g/mol. The van der Waals surface area contributed by atoms with Gasteiger partial charge in [-0.05, 0) is 20.3 Å². The molecule has 6 nitrogen and oxygen atoms in total. The predicted octanol–water partition coefficient (Wildman–Crippen LogP) is -0.972. The summed E-state index contributed by atoms with van der Waals surface area (Å²) in [5, 5.41) is 5.50. The molecule has 0 aromatic carbocycles. The van der Waals surface area contributed by atoms with Crippen molar-refractivity contribution in [2.45, 2.75) is 31.8 Å². The molecule has 2 saturated heterocycles. The monoisotopic (exact) mass is 245 g/mol. The summed E-state index contributed by atoms with van der Waals surface area (Å²) < 4.78 is 22.8. The van der Waals surface area contributed by atoms with Crippen LogP contribution < -0.4 is 10.6 Å². The Hall–Kier alpha value is -1.11. The maximum absolute atomic E-state index is 11.8. The number of carbonyl (C=O) groups is 1. The molecule has 90 valence electrons. The number of rotatable bonds is 1. The molecule has 0 aromatic heterocycles. The summed E-state index contributed by atoms with van der Waals surface area (Å²) in [6, 6.07) is 0.0518. The number of hydrogen-bond acceptors (Lipinski definition) is 4. The summed E-state index contributed by atoms with van der Waals surface area (Å²) in [5.41, 5.74) is -0.980. The molecule has 2 aliphatic rings. The Bertz CT molecular complexity index is 455. The highest BCUT2D eigenvalue weighted by atomic mass is 32.2. The van der Waals surface area contributed by atoms with Gasteiger partial charge in [-0.25, -0.2) is 8.42 Å². The van der Waals surface area contributed by atoms with Crippen molar-refractivity contribution in [1.29, 1.82) is 0 Å². The van der Waals surface area contributed by atoms with Gasteiger partial charge in [0.25, 0.3) is 5.91 Å². The smallest absolute Gasteiger partial charge is 0.253 e. The largest absolute Gasteiger partial charge is 0.341 e. The van der Waals surface area contributed by atoms with Crippen LogP contribution in [0.5, 0.6) is 0 Å². The van der Waals surface area contributed by atoms with Crippen molar-refractivity contribution >= 4 is 21.7 Å². The summed E-state index contributed by atoms with van der Waals surface area (Å²) in [5.74, 6) is 0.0239. The molecule has 0 saturated carbocycles. The van der Waals surface area contributed by atoms with E-state index in [0.29, 0.717) is 12.4 Å². The lowest BCUT2D eigenvalue weighted by atomic mass is 10.0. The van der Waals surface area contributed by atoms with Gasteiger partial charge in [-0.15, -0.1) is 0 Å². The Morgan fingerprint density at radius 2 is 2.12 bits per heavy atom. The Labute approximate surface area is 94.4 Å². The molecule has 2 aliphatic heterocycles. The van der Waals surface area contributed by atoms with E-state index in [2.05, 4.69) is 15.6 Å². The fourth-order valence-corrected chi connectivity index (χ4v) is 3.89. The van der Waals surface area contributed by atoms with Crippen LogP contribution >= 0.6 is 0 Å². The normalized spacial score (nSPS) is 34.7. The topological polar surface area (TPSA) is 87.6 Å². The Kier molecular flexibility index (Phi) is 2.45. The van der Waals surface area contributed by atoms with Gasteiger partial charge < -0.3 is 5.32 Å². The molecule has 2 heterocycles. The number of nitrogens with zero attached hydrogens (tertiary/aromatic N) is 1. The van der Waals surface area contributed by atoms with Crippen LogP contribution in [-0.4, -0.2) is 43.4 Å². The van der Waals surface area contributed by atoms with Gasteiger partial charge >= 0.3 is 0 Å². The minimum Gasteiger partial charge on any atom is -0.341 e. The molecule has 2 fully saturated rings. The first-order valence-corrected chi connectivity index (χ1v) is 7.03. The molecule has 1 amide bonds. The van der Waals surface area contributed by atoms with E-state index < -0.39 is 15.4 Å². The molecule has 0 radical (unpaired) electrons. The van der Waals surface area contributed by atoms with Crippen LogP contribution in [-0.2, 0) is 14.6 Å². The van der Waals surface area contributed by atoms with Gasteiger partial charge in [0.2, 0.25) is 0 Å². The van der Waals surface area contributed by atoms with Crippen molar-refractivity contribution in [2.24, 2.45) is 4.99 Å². The first kappa shape index (κ1) is 11.4. The van der Waals surface area contributed by atoms with Crippen molar-refractivity contribution in [2.75, 3.05) is 11.5 Å². The number of aliphatic imine (C=N–C) groups is 1. The van der Waals surface area contributed by atoms with Gasteiger partial charge in [-0.3, -0.25) is 15.1 Å². The van der Waals surface area contributed by atoms with Crippen LogP contribution in [0.3, 0.4) is 0 Å². The maximum atomic E-state index is 11.8.